The van der Waals surface area contributed by atoms with E-state index in [-0.39, 0.29) is 24.7 Å². The normalized spacial score (nSPS) is 10.4. The van der Waals surface area contributed by atoms with E-state index < -0.39 is 5.91 Å². The molecule has 0 aromatic heterocycles. The summed E-state index contributed by atoms with van der Waals surface area (Å²) < 4.78 is 13.5. The second kappa shape index (κ2) is 10.1. The first-order valence-corrected chi connectivity index (χ1v) is 8.92. The summed E-state index contributed by atoms with van der Waals surface area (Å²) in [5.41, 5.74) is 1.39. The minimum atomic E-state index is -0.400. The van der Waals surface area contributed by atoms with Gasteiger partial charge in [0.2, 0.25) is 11.8 Å². The molecule has 0 saturated heterocycles. The Morgan fingerprint density at radius 3 is 2.12 bits per heavy atom. The van der Waals surface area contributed by atoms with Crippen molar-refractivity contribution in [2.45, 2.75) is 19.3 Å². The van der Waals surface area contributed by atoms with Crippen LogP contribution in [0.2, 0.25) is 10.0 Å². The molecule has 7 heteroatoms. The lowest BCUT2D eigenvalue weighted by Gasteiger charge is -2.08. The third-order valence-corrected chi connectivity index (χ3v) is 4.31. The van der Waals surface area contributed by atoms with Crippen molar-refractivity contribution in [3.8, 4) is 0 Å². The third-order valence-electron chi connectivity index (χ3n) is 3.73. The number of amides is 2. The average molecular weight is 397 g/mol. The molecule has 4 nitrogen and oxygen atoms in total. The number of rotatable bonds is 8. The molecule has 2 aromatic carbocycles. The fraction of sp³-hybridized carbons (Fsp3) is 0.263. The average Bonchev–Trinajstić information content (AvgIpc) is 2.58. The highest BCUT2D eigenvalue weighted by Crippen LogP contribution is 2.21. The summed E-state index contributed by atoms with van der Waals surface area (Å²) in [6.45, 7) is 0.635. The summed E-state index contributed by atoms with van der Waals surface area (Å²) in [6.07, 6.45) is 0.636. The molecule has 0 aliphatic heterocycles. The zero-order valence-corrected chi connectivity index (χ0v) is 15.5. The van der Waals surface area contributed by atoms with E-state index in [1.54, 1.807) is 36.4 Å². The van der Waals surface area contributed by atoms with Crippen molar-refractivity contribution in [3.63, 3.8) is 0 Å². The predicted octanol–water partition coefficient (Wildman–Crippen LogP) is 3.54. The van der Waals surface area contributed by atoms with Crippen LogP contribution in [0.1, 0.15) is 17.5 Å². The number of hydrogen-bond acceptors (Lipinski definition) is 2. The van der Waals surface area contributed by atoms with Gasteiger partial charge < -0.3 is 10.6 Å². The lowest BCUT2D eigenvalue weighted by atomic mass is 10.1. The maximum Gasteiger partial charge on any atom is 0.229 e. The third kappa shape index (κ3) is 6.65. The first kappa shape index (κ1) is 20.2. The molecule has 0 fully saturated rings. The van der Waals surface area contributed by atoms with Gasteiger partial charge in [0.25, 0.3) is 0 Å². The van der Waals surface area contributed by atoms with Crippen LogP contribution in [0.25, 0.3) is 0 Å². The molecule has 26 heavy (non-hydrogen) atoms. The minimum absolute atomic E-state index is 0.271. The smallest absolute Gasteiger partial charge is 0.229 e. The molecule has 2 rings (SSSR count). The lowest BCUT2D eigenvalue weighted by molar-refractivity contribution is -0.129. The van der Waals surface area contributed by atoms with E-state index in [2.05, 4.69) is 10.6 Å². The summed E-state index contributed by atoms with van der Waals surface area (Å²) >= 11 is 11.9. The molecule has 138 valence electrons. The van der Waals surface area contributed by atoms with Crippen molar-refractivity contribution >= 4 is 35.0 Å². The summed E-state index contributed by atoms with van der Waals surface area (Å²) in [7, 11) is 0. The Kier molecular flexibility index (Phi) is 7.88. The Balaban J connectivity index is 1.65. The summed E-state index contributed by atoms with van der Waals surface area (Å²) in [5.74, 6) is -1.08. The van der Waals surface area contributed by atoms with Crippen LogP contribution in [0.3, 0.4) is 0 Å². The van der Waals surface area contributed by atoms with Gasteiger partial charge in [0.05, 0.1) is 0 Å². The SMILES string of the molecule is O=C(CC(=O)NCCc1ccc(Cl)cc1Cl)NCCc1ccccc1F. The van der Waals surface area contributed by atoms with Crippen molar-refractivity contribution in [1.82, 2.24) is 10.6 Å². The van der Waals surface area contributed by atoms with Gasteiger partial charge in [-0.2, -0.15) is 0 Å². The van der Waals surface area contributed by atoms with Crippen LogP contribution in [0.4, 0.5) is 4.39 Å². The van der Waals surface area contributed by atoms with E-state index in [0.29, 0.717) is 35.0 Å². The number of hydrogen-bond donors (Lipinski definition) is 2. The second-order valence-corrected chi connectivity index (χ2v) is 6.55. The van der Waals surface area contributed by atoms with Crippen LogP contribution in [0.5, 0.6) is 0 Å². The molecule has 2 N–H and O–H groups in total. The zero-order chi connectivity index (χ0) is 18.9. The Morgan fingerprint density at radius 2 is 1.50 bits per heavy atom. The van der Waals surface area contributed by atoms with Crippen LogP contribution < -0.4 is 10.6 Å². The van der Waals surface area contributed by atoms with Gasteiger partial charge in [-0.15, -0.1) is 0 Å². The predicted molar refractivity (Wildman–Crippen MR) is 101 cm³/mol. The Morgan fingerprint density at radius 1 is 0.885 bits per heavy atom. The molecule has 0 saturated carbocycles. The molecular formula is C19H19Cl2FN2O2. The fourth-order valence-corrected chi connectivity index (χ4v) is 2.87. The van der Waals surface area contributed by atoms with Crippen LogP contribution in [-0.2, 0) is 22.4 Å². The van der Waals surface area contributed by atoms with Gasteiger partial charge in [-0.25, -0.2) is 4.39 Å². The number of carbonyl (C=O) groups excluding carboxylic acids is 2. The van der Waals surface area contributed by atoms with Gasteiger partial charge in [-0.05, 0) is 42.2 Å². The molecular weight excluding hydrogens is 378 g/mol. The number of nitrogens with one attached hydrogen (secondary N) is 2. The largest absolute Gasteiger partial charge is 0.355 e. The molecule has 0 unspecified atom stereocenters. The second-order valence-electron chi connectivity index (χ2n) is 5.70. The maximum absolute atomic E-state index is 13.5. The van der Waals surface area contributed by atoms with E-state index in [0.717, 1.165) is 5.56 Å². The Hall–Kier alpha value is -2.11. The molecule has 0 bridgehead atoms. The summed E-state index contributed by atoms with van der Waals surface area (Å²) in [6, 6.07) is 11.6. The maximum atomic E-state index is 13.5. The van der Waals surface area contributed by atoms with Crippen LogP contribution >= 0.6 is 23.2 Å². The van der Waals surface area contributed by atoms with Crippen molar-refractivity contribution in [2.24, 2.45) is 0 Å². The van der Waals surface area contributed by atoms with Gasteiger partial charge in [0, 0.05) is 23.1 Å². The highest BCUT2D eigenvalue weighted by atomic mass is 35.5. The van der Waals surface area contributed by atoms with Crippen molar-refractivity contribution in [2.75, 3.05) is 13.1 Å². The molecule has 2 amide bonds. The van der Waals surface area contributed by atoms with Crippen molar-refractivity contribution in [1.29, 1.82) is 0 Å². The molecule has 0 atom stereocenters. The quantitative estimate of drug-likeness (QED) is 0.670. The van der Waals surface area contributed by atoms with Gasteiger partial charge in [-0.3, -0.25) is 9.59 Å². The molecule has 0 aliphatic carbocycles. The Labute approximate surface area is 161 Å². The van der Waals surface area contributed by atoms with E-state index in [9.17, 15) is 14.0 Å². The molecule has 0 heterocycles. The summed E-state index contributed by atoms with van der Waals surface area (Å²) in [5, 5.41) is 6.37. The van der Waals surface area contributed by atoms with E-state index in [1.807, 2.05) is 0 Å². The van der Waals surface area contributed by atoms with Crippen LogP contribution in [0.15, 0.2) is 42.5 Å². The number of halogens is 3. The van der Waals surface area contributed by atoms with E-state index in [4.69, 9.17) is 23.2 Å². The summed E-state index contributed by atoms with van der Waals surface area (Å²) in [4.78, 5) is 23.5. The molecule has 0 radical (unpaired) electrons. The highest BCUT2D eigenvalue weighted by Gasteiger charge is 2.10. The topological polar surface area (TPSA) is 58.2 Å². The zero-order valence-electron chi connectivity index (χ0n) is 14.0. The highest BCUT2D eigenvalue weighted by molar-refractivity contribution is 6.35. The Bertz CT molecular complexity index is 784. The number of carbonyl (C=O) groups is 2. The fourth-order valence-electron chi connectivity index (χ4n) is 2.37. The van der Waals surface area contributed by atoms with Crippen molar-refractivity contribution < 1.29 is 14.0 Å². The molecule has 0 spiro atoms. The molecule has 0 aliphatic rings. The van der Waals surface area contributed by atoms with E-state index >= 15 is 0 Å². The van der Waals surface area contributed by atoms with Gasteiger partial charge in [0.1, 0.15) is 12.2 Å². The lowest BCUT2D eigenvalue weighted by Crippen LogP contribution is -2.33. The van der Waals surface area contributed by atoms with Gasteiger partial charge in [-0.1, -0.05) is 47.5 Å². The van der Waals surface area contributed by atoms with Crippen LogP contribution in [-0.4, -0.2) is 24.9 Å². The molecule has 2 aromatic rings. The van der Waals surface area contributed by atoms with E-state index in [1.165, 1.54) is 6.07 Å². The van der Waals surface area contributed by atoms with Crippen molar-refractivity contribution in [3.05, 3.63) is 69.5 Å². The van der Waals surface area contributed by atoms with Gasteiger partial charge in [0.15, 0.2) is 0 Å². The minimum Gasteiger partial charge on any atom is -0.355 e. The first-order chi connectivity index (χ1) is 12.5. The van der Waals surface area contributed by atoms with Crippen LogP contribution in [0, 0.1) is 5.82 Å². The standard InChI is InChI=1S/C19H19Cl2FN2O2/c20-15-6-5-13(16(21)11-15)7-9-23-18(25)12-19(26)24-10-8-14-3-1-2-4-17(14)22/h1-6,11H,7-10,12H2,(H,23,25)(H,24,26). The number of benzene rings is 2. The first-order valence-electron chi connectivity index (χ1n) is 8.16. The van der Waals surface area contributed by atoms with Gasteiger partial charge >= 0.3 is 0 Å². The monoisotopic (exact) mass is 396 g/mol.